The summed E-state index contributed by atoms with van der Waals surface area (Å²) >= 11 is 1.72. The smallest absolute Gasteiger partial charge is 0.220 e. The van der Waals surface area contributed by atoms with Crippen LogP contribution in [0.15, 0.2) is 0 Å². The van der Waals surface area contributed by atoms with Crippen molar-refractivity contribution in [3.63, 3.8) is 0 Å². The van der Waals surface area contributed by atoms with Crippen LogP contribution in [0.4, 0.5) is 0 Å². The molecule has 100 valence electrons. The molecule has 0 bridgehead atoms. The molecule has 1 amide bonds. The van der Waals surface area contributed by atoms with Crippen molar-refractivity contribution in [3.05, 3.63) is 0 Å². The Kier molecular flexibility index (Phi) is 10.3. The lowest BCUT2D eigenvalue weighted by atomic mass is 10.1. The van der Waals surface area contributed by atoms with Gasteiger partial charge in [0.15, 0.2) is 5.78 Å². The van der Waals surface area contributed by atoms with Gasteiger partial charge in [-0.25, -0.2) is 0 Å². The van der Waals surface area contributed by atoms with Gasteiger partial charge in [0.1, 0.15) is 0 Å². The maximum atomic E-state index is 11.6. The summed E-state index contributed by atoms with van der Waals surface area (Å²) in [6.45, 7) is 2.15. The zero-order chi connectivity index (χ0) is 13.1. The molecule has 0 heterocycles. The molecule has 17 heavy (non-hydrogen) atoms. The molecule has 0 aromatic rings. The van der Waals surface area contributed by atoms with Gasteiger partial charge in [0.25, 0.3) is 0 Å². The van der Waals surface area contributed by atoms with Crippen LogP contribution in [0, 0.1) is 0 Å². The second kappa shape index (κ2) is 10.6. The Labute approximate surface area is 108 Å². The zero-order valence-corrected chi connectivity index (χ0v) is 11.6. The minimum atomic E-state index is -0.330. The Hall–Kier alpha value is -0.550. The van der Waals surface area contributed by atoms with Gasteiger partial charge in [0.2, 0.25) is 5.91 Å². The number of rotatable bonds is 10. The predicted octanol–water partition coefficient (Wildman–Crippen LogP) is 1.33. The van der Waals surface area contributed by atoms with Crippen LogP contribution >= 0.6 is 11.8 Å². The summed E-state index contributed by atoms with van der Waals surface area (Å²) in [5.41, 5.74) is 5.40. The average Bonchev–Trinajstić information content (AvgIpc) is 2.28. The van der Waals surface area contributed by atoms with E-state index >= 15 is 0 Å². The average molecular weight is 260 g/mol. The van der Waals surface area contributed by atoms with Gasteiger partial charge in [-0.3, -0.25) is 9.59 Å². The van der Waals surface area contributed by atoms with Crippen molar-refractivity contribution in [2.45, 2.75) is 45.1 Å². The predicted molar refractivity (Wildman–Crippen MR) is 73.1 cm³/mol. The third-order valence-corrected chi connectivity index (χ3v) is 3.22. The normalized spacial score (nSPS) is 12.2. The molecule has 0 aliphatic heterocycles. The fourth-order valence-electron chi connectivity index (χ4n) is 1.51. The standard InChI is InChI=1S/C12H24N2O2S/c1-10(15)11(6-3-4-8-13)14-12(16)7-5-9-17-2/h11H,3-9,13H2,1-2H3,(H,14,16). The molecule has 0 saturated heterocycles. The molecule has 0 aliphatic rings. The molecular formula is C12H24N2O2S. The van der Waals surface area contributed by atoms with Crippen molar-refractivity contribution in [3.8, 4) is 0 Å². The van der Waals surface area contributed by atoms with Crippen LogP contribution in [0.25, 0.3) is 0 Å². The first-order valence-electron chi connectivity index (χ1n) is 6.10. The number of hydrogen-bond acceptors (Lipinski definition) is 4. The highest BCUT2D eigenvalue weighted by molar-refractivity contribution is 7.98. The van der Waals surface area contributed by atoms with Crippen LogP contribution in [-0.2, 0) is 9.59 Å². The summed E-state index contributed by atoms with van der Waals surface area (Å²) in [5.74, 6) is 0.984. The number of amides is 1. The van der Waals surface area contributed by atoms with Crippen molar-refractivity contribution in [1.29, 1.82) is 0 Å². The van der Waals surface area contributed by atoms with Crippen LogP contribution < -0.4 is 11.1 Å². The van der Waals surface area contributed by atoms with Crippen molar-refractivity contribution >= 4 is 23.5 Å². The number of nitrogens with one attached hydrogen (secondary N) is 1. The first kappa shape index (κ1) is 16.4. The first-order valence-corrected chi connectivity index (χ1v) is 7.50. The summed E-state index contributed by atoms with van der Waals surface area (Å²) in [6, 6.07) is -0.330. The molecule has 4 nitrogen and oxygen atoms in total. The number of thioether (sulfide) groups is 1. The van der Waals surface area contributed by atoms with Gasteiger partial charge in [0.05, 0.1) is 6.04 Å². The molecule has 0 radical (unpaired) electrons. The molecule has 3 N–H and O–H groups in total. The van der Waals surface area contributed by atoms with Crippen LogP contribution in [-0.4, -0.2) is 36.3 Å². The monoisotopic (exact) mass is 260 g/mol. The van der Waals surface area contributed by atoms with Crippen LogP contribution in [0.5, 0.6) is 0 Å². The molecular weight excluding hydrogens is 236 g/mol. The molecule has 1 unspecified atom stereocenters. The third kappa shape index (κ3) is 9.18. The maximum Gasteiger partial charge on any atom is 0.220 e. The van der Waals surface area contributed by atoms with Gasteiger partial charge in [0, 0.05) is 6.42 Å². The summed E-state index contributed by atoms with van der Waals surface area (Å²) in [6.07, 6.45) is 5.85. The molecule has 5 heteroatoms. The molecule has 0 aromatic carbocycles. The topological polar surface area (TPSA) is 72.2 Å². The van der Waals surface area contributed by atoms with Gasteiger partial charge in [-0.2, -0.15) is 11.8 Å². The summed E-state index contributed by atoms with van der Waals surface area (Å²) < 4.78 is 0. The van der Waals surface area contributed by atoms with E-state index in [0.29, 0.717) is 19.4 Å². The highest BCUT2D eigenvalue weighted by Crippen LogP contribution is 2.04. The quantitative estimate of drug-likeness (QED) is 0.581. The Morgan fingerprint density at radius 3 is 2.53 bits per heavy atom. The Morgan fingerprint density at radius 2 is 2.00 bits per heavy atom. The molecule has 1 atom stereocenters. The molecule has 0 rings (SSSR count). The lowest BCUT2D eigenvalue weighted by Gasteiger charge is -2.15. The number of hydrogen-bond donors (Lipinski definition) is 2. The van der Waals surface area contributed by atoms with Gasteiger partial charge in [-0.15, -0.1) is 0 Å². The molecule has 0 aliphatic carbocycles. The zero-order valence-electron chi connectivity index (χ0n) is 10.8. The van der Waals surface area contributed by atoms with Crippen molar-refractivity contribution < 1.29 is 9.59 Å². The van der Waals surface area contributed by atoms with Gasteiger partial charge >= 0.3 is 0 Å². The molecule has 0 fully saturated rings. The lowest BCUT2D eigenvalue weighted by molar-refractivity contribution is -0.127. The SMILES string of the molecule is CSCCCC(=O)NC(CCCCN)C(C)=O. The van der Waals surface area contributed by atoms with Gasteiger partial charge in [-0.05, 0) is 51.2 Å². The van der Waals surface area contributed by atoms with Gasteiger partial charge in [-0.1, -0.05) is 0 Å². The summed E-state index contributed by atoms with van der Waals surface area (Å²) in [5, 5.41) is 2.80. The van der Waals surface area contributed by atoms with Crippen molar-refractivity contribution in [2.75, 3.05) is 18.6 Å². The van der Waals surface area contributed by atoms with Crippen LogP contribution in [0.1, 0.15) is 39.0 Å². The van der Waals surface area contributed by atoms with Crippen LogP contribution in [0.2, 0.25) is 0 Å². The van der Waals surface area contributed by atoms with E-state index in [2.05, 4.69) is 5.32 Å². The fraction of sp³-hybridized carbons (Fsp3) is 0.833. The second-order valence-corrected chi connectivity index (χ2v) is 5.10. The van der Waals surface area contributed by atoms with E-state index < -0.39 is 0 Å². The van der Waals surface area contributed by atoms with E-state index in [1.807, 2.05) is 6.26 Å². The fourth-order valence-corrected chi connectivity index (χ4v) is 1.95. The lowest BCUT2D eigenvalue weighted by Crippen LogP contribution is -2.39. The van der Waals surface area contributed by atoms with Crippen molar-refractivity contribution in [2.24, 2.45) is 5.73 Å². The van der Waals surface area contributed by atoms with Crippen molar-refractivity contribution in [1.82, 2.24) is 5.32 Å². The first-order chi connectivity index (χ1) is 8.11. The number of unbranched alkanes of at least 4 members (excludes halogenated alkanes) is 1. The minimum Gasteiger partial charge on any atom is -0.346 e. The Bertz CT molecular complexity index is 235. The molecule has 0 spiro atoms. The number of ketones is 1. The van der Waals surface area contributed by atoms with E-state index in [9.17, 15) is 9.59 Å². The second-order valence-electron chi connectivity index (χ2n) is 4.11. The highest BCUT2D eigenvalue weighted by atomic mass is 32.2. The van der Waals surface area contributed by atoms with E-state index in [4.69, 9.17) is 5.73 Å². The van der Waals surface area contributed by atoms with Gasteiger partial charge < -0.3 is 11.1 Å². The van der Waals surface area contributed by atoms with E-state index in [1.54, 1.807) is 11.8 Å². The molecule has 0 aromatic heterocycles. The number of carbonyl (C=O) groups is 2. The Morgan fingerprint density at radius 1 is 1.29 bits per heavy atom. The molecule has 0 saturated carbocycles. The minimum absolute atomic E-state index is 0.0213. The third-order valence-electron chi connectivity index (χ3n) is 2.53. The van der Waals surface area contributed by atoms with E-state index in [0.717, 1.165) is 25.0 Å². The van der Waals surface area contributed by atoms with Crippen LogP contribution in [0.3, 0.4) is 0 Å². The number of Topliss-reactive ketones (excluding diaryl/α,β-unsaturated/α-hetero) is 1. The van der Waals surface area contributed by atoms with E-state index in [-0.39, 0.29) is 17.7 Å². The number of carbonyl (C=O) groups excluding carboxylic acids is 2. The maximum absolute atomic E-state index is 11.6. The number of nitrogens with two attached hydrogens (primary N) is 1. The summed E-state index contributed by atoms with van der Waals surface area (Å²) in [4.78, 5) is 22.9. The largest absolute Gasteiger partial charge is 0.346 e. The Balaban J connectivity index is 3.89. The van der Waals surface area contributed by atoms with E-state index in [1.165, 1.54) is 6.92 Å². The highest BCUT2D eigenvalue weighted by Gasteiger charge is 2.15. The summed E-state index contributed by atoms with van der Waals surface area (Å²) in [7, 11) is 0.